The van der Waals surface area contributed by atoms with Crippen LogP contribution in [0, 0.1) is 0 Å². The summed E-state index contributed by atoms with van der Waals surface area (Å²) in [5.41, 5.74) is 8.61. The van der Waals surface area contributed by atoms with Gasteiger partial charge in [0.1, 0.15) is 21.5 Å². The zero-order valence-corrected chi connectivity index (χ0v) is 13.8. The summed E-state index contributed by atoms with van der Waals surface area (Å²) in [4.78, 5) is 20.5. The van der Waals surface area contributed by atoms with Crippen molar-refractivity contribution in [2.45, 2.75) is 0 Å². The van der Waals surface area contributed by atoms with E-state index in [1.807, 2.05) is 36.4 Å². The summed E-state index contributed by atoms with van der Waals surface area (Å²) in [6, 6.07) is 16.8. The van der Waals surface area contributed by atoms with Gasteiger partial charge in [-0.1, -0.05) is 24.3 Å². The molecule has 0 aliphatic rings. The lowest BCUT2D eigenvalue weighted by atomic mass is 10.1. The van der Waals surface area contributed by atoms with E-state index >= 15 is 0 Å². The maximum absolute atomic E-state index is 12.8. The Labute approximate surface area is 145 Å². The van der Waals surface area contributed by atoms with Crippen LogP contribution in [-0.4, -0.2) is 4.98 Å². The summed E-state index contributed by atoms with van der Waals surface area (Å²) >= 11 is 1.54. The van der Waals surface area contributed by atoms with Gasteiger partial charge >= 0.3 is 0 Å². The number of rotatable bonds is 1. The minimum atomic E-state index is -0.0875. The molecule has 0 bridgehead atoms. The molecule has 0 spiro atoms. The molecule has 5 aromatic rings. The van der Waals surface area contributed by atoms with Crippen LogP contribution in [0.3, 0.4) is 0 Å². The smallest absolute Gasteiger partial charge is 0.299 e. The molecule has 120 valence electrons. The molecule has 3 aromatic heterocycles. The van der Waals surface area contributed by atoms with Crippen molar-refractivity contribution in [2.24, 2.45) is 0 Å². The Morgan fingerprint density at radius 2 is 1.84 bits per heavy atom. The van der Waals surface area contributed by atoms with E-state index in [-0.39, 0.29) is 5.43 Å². The summed E-state index contributed by atoms with van der Waals surface area (Å²) in [5.74, 6) is 0.421. The highest BCUT2D eigenvalue weighted by molar-refractivity contribution is 7.21. The third-order valence-corrected chi connectivity index (χ3v) is 5.25. The molecule has 0 saturated heterocycles. The molecule has 0 amide bonds. The van der Waals surface area contributed by atoms with Crippen molar-refractivity contribution < 1.29 is 9.40 Å². The van der Waals surface area contributed by atoms with E-state index in [1.165, 1.54) is 11.3 Å². The maximum atomic E-state index is 12.8. The fraction of sp³-hybridized carbons (Fsp3) is 0. The number of para-hydroxylation sites is 2. The van der Waals surface area contributed by atoms with E-state index in [0.29, 0.717) is 33.5 Å². The van der Waals surface area contributed by atoms with Gasteiger partial charge in [0, 0.05) is 0 Å². The van der Waals surface area contributed by atoms with Gasteiger partial charge in [-0.2, -0.15) is 0 Å². The largest absolute Gasteiger partial charge is 0.422 e. The molecule has 0 fully saturated rings. The van der Waals surface area contributed by atoms with Crippen molar-refractivity contribution in [3.63, 3.8) is 0 Å². The first-order chi connectivity index (χ1) is 12.2. The Kier molecular flexibility index (Phi) is 2.89. The number of nitrogen functional groups attached to an aromatic ring is 1. The fourth-order valence-electron chi connectivity index (χ4n) is 2.96. The third-order valence-electron chi connectivity index (χ3n) is 4.18. The number of fused-ring (bicyclic) bond motifs is 3. The van der Waals surface area contributed by atoms with Crippen molar-refractivity contribution in [3.8, 4) is 10.6 Å². The zero-order chi connectivity index (χ0) is 17.0. The number of aromatic amines is 1. The molecule has 5 nitrogen and oxygen atoms in total. The Morgan fingerprint density at radius 3 is 2.72 bits per heavy atom. The summed E-state index contributed by atoms with van der Waals surface area (Å²) in [5, 5.41) is 1.77. The molecule has 0 saturated carbocycles. The molecule has 5 rings (SSSR count). The Balaban J connectivity index is 1.84. The number of nitrogens with zero attached hydrogens (tertiary/aromatic N) is 1. The van der Waals surface area contributed by atoms with Crippen molar-refractivity contribution in [1.82, 2.24) is 4.98 Å². The molecule has 25 heavy (non-hydrogen) atoms. The molecule has 2 aromatic carbocycles. The van der Waals surface area contributed by atoms with E-state index < -0.39 is 0 Å². The number of anilines is 1. The number of nitrogens with one attached hydrogen (secondary N) is 1. The first-order valence-corrected chi connectivity index (χ1v) is 8.56. The average Bonchev–Trinajstić information content (AvgIpc) is 3.05. The van der Waals surface area contributed by atoms with Gasteiger partial charge in [-0.15, -0.1) is 11.3 Å². The summed E-state index contributed by atoms with van der Waals surface area (Å²) in [6.07, 6.45) is 0. The van der Waals surface area contributed by atoms with E-state index in [2.05, 4.69) is 9.97 Å². The molecule has 0 aliphatic carbocycles. The van der Waals surface area contributed by atoms with Crippen LogP contribution in [0.1, 0.15) is 0 Å². The highest BCUT2D eigenvalue weighted by Gasteiger charge is 2.19. The summed E-state index contributed by atoms with van der Waals surface area (Å²) in [6.45, 7) is 0. The van der Waals surface area contributed by atoms with Gasteiger partial charge in [-0.3, -0.25) is 10.5 Å². The van der Waals surface area contributed by atoms with E-state index in [4.69, 9.17) is 10.2 Å². The quantitative estimate of drug-likeness (QED) is 0.470. The number of aromatic nitrogens is 2. The van der Waals surface area contributed by atoms with Crippen molar-refractivity contribution >= 4 is 49.4 Å². The number of benzene rings is 2. The molecule has 0 radical (unpaired) electrons. The van der Waals surface area contributed by atoms with Crippen LogP contribution >= 0.6 is 11.3 Å². The monoisotopic (exact) mass is 346 g/mol. The molecular formula is C19H12N3O2S+. The van der Waals surface area contributed by atoms with Crippen molar-refractivity contribution in [1.29, 1.82) is 0 Å². The van der Waals surface area contributed by atoms with Crippen LogP contribution in [0.4, 0.5) is 5.82 Å². The van der Waals surface area contributed by atoms with Crippen LogP contribution in [0.2, 0.25) is 0 Å². The first-order valence-electron chi connectivity index (χ1n) is 7.74. The first kappa shape index (κ1) is 14.1. The van der Waals surface area contributed by atoms with Crippen LogP contribution in [0.15, 0.2) is 63.8 Å². The predicted molar refractivity (Wildman–Crippen MR) is 99.6 cm³/mol. The van der Waals surface area contributed by atoms with E-state index in [0.717, 1.165) is 15.2 Å². The second-order valence-corrected chi connectivity index (χ2v) is 6.78. The number of pyridine rings is 1. The van der Waals surface area contributed by atoms with Crippen molar-refractivity contribution in [2.75, 3.05) is 5.73 Å². The lowest BCUT2D eigenvalue weighted by Crippen LogP contribution is -2.16. The van der Waals surface area contributed by atoms with Gasteiger partial charge in [0.05, 0.1) is 15.6 Å². The number of hydrogen-bond acceptors (Lipinski definition) is 5. The van der Waals surface area contributed by atoms with Gasteiger partial charge < -0.3 is 4.42 Å². The number of H-pyrrole nitrogens is 1. The van der Waals surface area contributed by atoms with E-state index in [9.17, 15) is 4.79 Å². The molecular weight excluding hydrogens is 334 g/mol. The maximum Gasteiger partial charge on any atom is 0.299 e. The highest BCUT2D eigenvalue weighted by atomic mass is 32.1. The minimum absolute atomic E-state index is 0.0875. The zero-order valence-electron chi connectivity index (χ0n) is 12.9. The highest BCUT2D eigenvalue weighted by Crippen LogP contribution is 2.33. The number of nitrogens with two attached hydrogens (primary N) is 1. The molecule has 3 N–H and O–H groups in total. The van der Waals surface area contributed by atoms with Crippen LogP contribution in [0.25, 0.3) is 42.9 Å². The number of hydrogen-bond donors (Lipinski definition) is 1. The van der Waals surface area contributed by atoms with Crippen LogP contribution < -0.4 is 16.1 Å². The summed E-state index contributed by atoms with van der Waals surface area (Å²) < 4.78 is 6.88. The Morgan fingerprint density at radius 1 is 1.04 bits per heavy atom. The molecule has 6 heteroatoms. The topological polar surface area (TPSA) is 83.3 Å². The third kappa shape index (κ3) is 2.11. The molecule has 0 unspecified atom stereocenters. The minimum Gasteiger partial charge on any atom is -0.422 e. The van der Waals surface area contributed by atoms with Crippen molar-refractivity contribution in [3.05, 3.63) is 64.8 Å². The Hall–Kier alpha value is -3.25. The molecule has 0 atom stereocenters. The van der Waals surface area contributed by atoms with E-state index in [1.54, 1.807) is 18.2 Å². The van der Waals surface area contributed by atoms with Crippen LogP contribution in [-0.2, 0) is 0 Å². The van der Waals surface area contributed by atoms with Gasteiger partial charge in [-0.25, -0.2) is 9.97 Å². The van der Waals surface area contributed by atoms with Gasteiger partial charge in [0.15, 0.2) is 0 Å². The standard InChI is InChI=1S/C19H11N3O2S/c20-17-12(19-21-13-6-2-4-8-15(13)25-19)9-11-16(23)10-5-1-3-7-14(10)24-18(11)22-17/h1-9H,(H2,20,22)/p+1. The fourth-order valence-corrected chi connectivity index (χ4v) is 3.95. The van der Waals surface area contributed by atoms with Gasteiger partial charge in [-0.05, 0) is 30.3 Å². The summed E-state index contributed by atoms with van der Waals surface area (Å²) in [7, 11) is 0. The average molecular weight is 346 g/mol. The molecule has 3 heterocycles. The predicted octanol–water partition coefficient (Wildman–Crippen LogP) is 3.62. The van der Waals surface area contributed by atoms with Gasteiger partial charge in [0.2, 0.25) is 5.43 Å². The molecule has 0 aliphatic heterocycles. The second kappa shape index (κ2) is 5.12. The van der Waals surface area contributed by atoms with Crippen LogP contribution in [0.5, 0.6) is 0 Å². The van der Waals surface area contributed by atoms with Gasteiger partial charge in [0.25, 0.3) is 11.5 Å². The lowest BCUT2D eigenvalue weighted by Gasteiger charge is -2.02. The SMILES string of the molecule is Nc1[nH+]c2oc3ccccc3c(=O)c2cc1-c1nc2ccccc2s1. The Bertz CT molecular complexity index is 1300. The lowest BCUT2D eigenvalue weighted by molar-refractivity contribution is -0.337. The number of thiazole rings is 1. The normalized spacial score (nSPS) is 11.5. The second-order valence-electron chi connectivity index (χ2n) is 5.75.